The van der Waals surface area contributed by atoms with E-state index in [2.05, 4.69) is 5.18 Å². The number of ketones is 1. The fourth-order valence-corrected chi connectivity index (χ4v) is 1.71. The molecule has 0 spiro atoms. The van der Waals surface area contributed by atoms with Crippen molar-refractivity contribution in [2.75, 3.05) is 13.2 Å². The van der Waals surface area contributed by atoms with Gasteiger partial charge in [0.1, 0.15) is 11.5 Å². The summed E-state index contributed by atoms with van der Waals surface area (Å²) in [6.45, 7) is 4.01. The molecule has 0 aliphatic carbocycles. The Hall–Kier alpha value is -1.63. The van der Waals surface area contributed by atoms with Crippen LogP contribution in [0.4, 0.5) is 4.39 Å². The van der Waals surface area contributed by atoms with E-state index in [-0.39, 0.29) is 29.5 Å². The molecule has 0 aliphatic rings. The summed E-state index contributed by atoms with van der Waals surface area (Å²) in [5.74, 6) is -1.18. The Balaban J connectivity index is 3.02. The Morgan fingerprint density at radius 2 is 2.00 bits per heavy atom. The first-order valence-corrected chi connectivity index (χ1v) is 6.68. The average Bonchev–Trinajstić information content (AvgIpc) is 2.47. The fourth-order valence-electron chi connectivity index (χ4n) is 1.53. The normalized spacial score (nSPS) is 11.8. The second kappa shape index (κ2) is 8.61. The Kier molecular flexibility index (Phi) is 7.14. The van der Waals surface area contributed by atoms with E-state index < -0.39 is 17.9 Å². The van der Waals surface area contributed by atoms with Crippen LogP contribution in [-0.2, 0) is 9.47 Å². The van der Waals surface area contributed by atoms with Crippen LogP contribution >= 0.6 is 11.6 Å². The molecule has 1 aromatic carbocycles. The molecular weight excluding hydrogens is 301 g/mol. The zero-order chi connectivity index (χ0) is 15.8. The van der Waals surface area contributed by atoms with Gasteiger partial charge in [-0.05, 0) is 37.2 Å². The van der Waals surface area contributed by atoms with E-state index in [1.54, 1.807) is 13.8 Å². The lowest BCUT2D eigenvalue weighted by atomic mass is 10.1. The summed E-state index contributed by atoms with van der Waals surface area (Å²) in [5, 5.41) is 2.58. The lowest BCUT2D eigenvalue weighted by molar-refractivity contribution is -0.111. The third-order valence-corrected chi connectivity index (χ3v) is 2.76. The number of halogens is 2. The van der Waals surface area contributed by atoms with Gasteiger partial charge in [0.15, 0.2) is 5.78 Å². The Morgan fingerprint density at radius 3 is 2.48 bits per heavy atom. The third kappa shape index (κ3) is 5.00. The van der Waals surface area contributed by atoms with Crippen molar-refractivity contribution in [3.63, 3.8) is 0 Å². The molecule has 1 aromatic rings. The zero-order valence-electron chi connectivity index (χ0n) is 11.6. The molecule has 21 heavy (non-hydrogen) atoms. The summed E-state index contributed by atoms with van der Waals surface area (Å²) < 4.78 is 23.4. The van der Waals surface area contributed by atoms with Crippen LogP contribution in [0.25, 0.3) is 0 Å². The van der Waals surface area contributed by atoms with E-state index >= 15 is 0 Å². The molecule has 0 N–H and O–H groups in total. The molecular formula is C14H15ClFNO4. The van der Waals surface area contributed by atoms with E-state index in [1.807, 2.05) is 0 Å². The fraction of sp³-hybridized carbons (Fsp3) is 0.357. The van der Waals surface area contributed by atoms with Gasteiger partial charge < -0.3 is 9.47 Å². The number of benzene rings is 1. The first-order chi connectivity index (χ1) is 10.0. The largest absolute Gasteiger partial charge is 0.347 e. The van der Waals surface area contributed by atoms with Crippen LogP contribution in [0.15, 0.2) is 35.1 Å². The number of nitrogens with zero attached hydrogens (tertiary/aromatic N) is 1. The lowest BCUT2D eigenvalue weighted by Gasteiger charge is -2.15. The number of carbonyl (C=O) groups excluding carboxylic acids is 1. The van der Waals surface area contributed by atoms with Crippen LogP contribution in [0.1, 0.15) is 24.2 Å². The molecule has 1 rings (SSSR count). The van der Waals surface area contributed by atoms with E-state index in [0.717, 1.165) is 12.1 Å². The van der Waals surface area contributed by atoms with Crippen LogP contribution < -0.4 is 0 Å². The topological polar surface area (TPSA) is 65.0 Å². The number of carbonyl (C=O) groups is 1. The lowest BCUT2D eigenvalue weighted by Crippen LogP contribution is -2.20. The number of ether oxygens (including phenoxy) is 2. The van der Waals surface area contributed by atoms with Crippen LogP contribution in [0.5, 0.6) is 0 Å². The van der Waals surface area contributed by atoms with Gasteiger partial charge in [-0.15, -0.1) is 4.91 Å². The first-order valence-electron chi connectivity index (χ1n) is 6.31. The van der Waals surface area contributed by atoms with Gasteiger partial charge in [0.25, 0.3) is 0 Å². The molecule has 0 amide bonds. The van der Waals surface area contributed by atoms with Crippen molar-refractivity contribution in [1.29, 1.82) is 0 Å². The maximum Gasteiger partial charge on any atom is 0.204 e. The SMILES string of the molecule is CCOC(OCC)/C(=C/C(=O)c1ccc(F)c(Cl)c1)N=O. The van der Waals surface area contributed by atoms with Crippen molar-refractivity contribution >= 4 is 17.4 Å². The number of nitroso groups, excluding NO2 is 1. The minimum Gasteiger partial charge on any atom is -0.347 e. The Bertz CT molecular complexity index is 542. The minimum absolute atomic E-state index is 0.134. The maximum absolute atomic E-state index is 13.1. The highest BCUT2D eigenvalue weighted by Gasteiger charge is 2.18. The second-order valence-electron chi connectivity index (χ2n) is 3.90. The highest BCUT2D eigenvalue weighted by Crippen LogP contribution is 2.18. The highest BCUT2D eigenvalue weighted by molar-refractivity contribution is 6.31. The molecule has 0 heterocycles. The second-order valence-corrected chi connectivity index (χ2v) is 4.30. The number of allylic oxidation sites excluding steroid dienone is 1. The van der Waals surface area contributed by atoms with Gasteiger partial charge in [0.05, 0.1) is 5.02 Å². The molecule has 7 heteroatoms. The molecule has 0 bridgehead atoms. The summed E-state index contributed by atoms with van der Waals surface area (Å²) in [6.07, 6.45) is -0.0237. The van der Waals surface area contributed by atoms with E-state index in [1.165, 1.54) is 12.1 Å². The van der Waals surface area contributed by atoms with Gasteiger partial charge >= 0.3 is 0 Å². The van der Waals surface area contributed by atoms with Gasteiger partial charge in [-0.2, -0.15) is 0 Å². The van der Waals surface area contributed by atoms with Crippen molar-refractivity contribution in [2.24, 2.45) is 5.18 Å². The summed E-state index contributed by atoms with van der Waals surface area (Å²) in [4.78, 5) is 22.9. The zero-order valence-corrected chi connectivity index (χ0v) is 12.4. The standard InChI is InChI=1S/C14H15ClFNO4/c1-3-20-14(21-4-2)12(17-19)8-13(18)9-5-6-11(16)10(15)7-9/h5-8,14H,3-4H2,1-2H3/b12-8-. The highest BCUT2D eigenvalue weighted by atomic mass is 35.5. The minimum atomic E-state index is -1.02. The smallest absolute Gasteiger partial charge is 0.204 e. The molecule has 0 aliphatic heterocycles. The number of hydrogen-bond acceptors (Lipinski definition) is 5. The van der Waals surface area contributed by atoms with Crippen LogP contribution in [0.3, 0.4) is 0 Å². The number of rotatable bonds is 8. The molecule has 0 fully saturated rings. The van der Waals surface area contributed by atoms with Crippen LogP contribution in [0, 0.1) is 10.7 Å². The third-order valence-electron chi connectivity index (χ3n) is 2.47. The molecule has 114 valence electrons. The number of hydrogen-bond donors (Lipinski definition) is 0. The molecule has 0 aromatic heterocycles. The first kappa shape index (κ1) is 17.4. The maximum atomic E-state index is 13.1. The monoisotopic (exact) mass is 315 g/mol. The van der Waals surface area contributed by atoms with Gasteiger partial charge in [0, 0.05) is 24.9 Å². The van der Waals surface area contributed by atoms with Gasteiger partial charge in [0.2, 0.25) is 6.29 Å². The van der Waals surface area contributed by atoms with Crippen LogP contribution in [-0.4, -0.2) is 25.3 Å². The quantitative estimate of drug-likeness (QED) is 0.317. The summed E-state index contributed by atoms with van der Waals surface area (Å²) in [5.41, 5.74) is -0.0570. The van der Waals surface area contributed by atoms with Gasteiger partial charge in [-0.1, -0.05) is 11.6 Å². The summed E-state index contributed by atoms with van der Waals surface area (Å²) in [7, 11) is 0. The molecule has 0 saturated heterocycles. The predicted octanol–water partition coefficient (Wildman–Crippen LogP) is 3.71. The molecule has 0 unspecified atom stereocenters. The summed E-state index contributed by atoms with van der Waals surface area (Å²) in [6, 6.07) is 3.51. The van der Waals surface area contributed by atoms with Gasteiger partial charge in [-0.3, -0.25) is 4.79 Å². The van der Waals surface area contributed by atoms with Crippen molar-refractivity contribution in [1.82, 2.24) is 0 Å². The Morgan fingerprint density at radius 1 is 1.38 bits per heavy atom. The van der Waals surface area contributed by atoms with Crippen molar-refractivity contribution in [3.8, 4) is 0 Å². The summed E-state index contributed by atoms with van der Waals surface area (Å²) >= 11 is 5.61. The van der Waals surface area contributed by atoms with Crippen molar-refractivity contribution < 1.29 is 18.7 Å². The predicted molar refractivity (Wildman–Crippen MR) is 76.7 cm³/mol. The van der Waals surface area contributed by atoms with Crippen molar-refractivity contribution in [3.05, 3.63) is 51.3 Å². The van der Waals surface area contributed by atoms with E-state index in [0.29, 0.717) is 0 Å². The molecule has 0 atom stereocenters. The van der Waals surface area contributed by atoms with Crippen LogP contribution in [0.2, 0.25) is 5.02 Å². The van der Waals surface area contributed by atoms with Crippen molar-refractivity contribution in [2.45, 2.75) is 20.1 Å². The molecule has 0 radical (unpaired) electrons. The van der Waals surface area contributed by atoms with E-state index in [4.69, 9.17) is 21.1 Å². The van der Waals surface area contributed by atoms with Gasteiger partial charge in [-0.25, -0.2) is 4.39 Å². The molecule has 5 nitrogen and oxygen atoms in total. The Labute approximate surface area is 126 Å². The van der Waals surface area contributed by atoms with E-state index in [9.17, 15) is 14.1 Å². The average molecular weight is 316 g/mol. The molecule has 0 saturated carbocycles.